The highest BCUT2D eigenvalue weighted by Gasteiger charge is 2.45. The average Bonchev–Trinajstić information content (AvgIpc) is 3.64. The zero-order valence-electron chi connectivity index (χ0n) is 31.4. The minimum atomic E-state index is -1.30. The van der Waals surface area contributed by atoms with Gasteiger partial charge >= 0.3 is 24.1 Å². The number of piperidine rings is 2. The quantitative estimate of drug-likeness (QED) is 0.326. The Morgan fingerprint density at radius 1 is 0.686 bits per heavy atom. The summed E-state index contributed by atoms with van der Waals surface area (Å²) in [7, 11) is 3.28. The van der Waals surface area contributed by atoms with E-state index in [0.29, 0.717) is 24.9 Å². The summed E-state index contributed by atoms with van der Waals surface area (Å²) in [6, 6.07) is 1.05. The van der Waals surface area contributed by atoms with Gasteiger partial charge < -0.3 is 49.4 Å². The van der Waals surface area contributed by atoms with Gasteiger partial charge in [0.2, 0.25) is 0 Å². The Bertz CT molecular complexity index is 1160. The molecule has 2 amide bonds. The number of nitrogens with two attached hydrogens (primary N) is 1. The molecule has 5 rings (SSSR count). The second-order valence-corrected chi connectivity index (χ2v) is 15.4. The molecule has 4 bridgehead atoms. The molecule has 0 aromatic heterocycles. The van der Waals surface area contributed by atoms with E-state index in [2.05, 4.69) is 0 Å². The number of fused-ring (bicyclic) bond motifs is 4. The summed E-state index contributed by atoms with van der Waals surface area (Å²) in [6.45, 7) is 11.3. The predicted molar refractivity (Wildman–Crippen MR) is 183 cm³/mol. The van der Waals surface area contributed by atoms with E-state index in [0.717, 1.165) is 51.4 Å². The molecule has 6 atom stereocenters. The van der Waals surface area contributed by atoms with Gasteiger partial charge in [-0.25, -0.2) is 9.59 Å². The van der Waals surface area contributed by atoms with E-state index >= 15 is 0 Å². The molecule has 5 heterocycles. The first kappa shape index (κ1) is 43.8. The van der Waals surface area contributed by atoms with E-state index < -0.39 is 41.8 Å². The zero-order valence-corrected chi connectivity index (χ0v) is 31.4. The van der Waals surface area contributed by atoms with Gasteiger partial charge in [0, 0.05) is 70.1 Å². The van der Waals surface area contributed by atoms with Gasteiger partial charge in [-0.15, -0.1) is 0 Å². The fraction of sp³-hybridized carbons (Fsp3) is 0.829. The molecule has 16 heteroatoms. The van der Waals surface area contributed by atoms with Crippen LogP contribution in [0.4, 0.5) is 9.59 Å². The Morgan fingerprint density at radius 2 is 1.04 bits per heavy atom. The summed E-state index contributed by atoms with van der Waals surface area (Å²) in [5.41, 5.74) is 5.10. The molecule has 5 aliphatic rings. The monoisotopic (exact) mass is 729 g/mol. The fourth-order valence-corrected chi connectivity index (χ4v) is 6.74. The van der Waals surface area contributed by atoms with Crippen LogP contribution >= 0.6 is 0 Å². The van der Waals surface area contributed by atoms with Gasteiger partial charge in [0.05, 0.1) is 0 Å². The van der Waals surface area contributed by atoms with Crippen LogP contribution in [-0.2, 0) is 42.9 Å². The normalized spacial score (nSPS) is 27.9. The average molecular weight is 730 g/mol. The van der Waals surface area contributed by atoms with E-state index in [1.807, 2.05) is 46.4 Å². The van der Waals surface area contributed by atoms with Crippen molar-refractivity contribution in [2.45, 2.75) is 173 Å². The molecule has 5 aliphatic heterocycles. The first-order chi connectivity index (χ1) is 23.6. The van der Waals surface area contributed by atoms with Crippen molar-refractivity contribution in [3.63, 3.8) is 0 Å². The molecule has 4 N–H and O–H groups in total. The van der Waals surface area contributed by atoms with Crippen molar-refractivity contribution in [3.05, 3.63) is 0 Å². The van der Waals surface area contributed by atoms with Gasteiger partial charge in [0.25, 0.3) is 0 Å². The Labute approximate surface area is 300 Å². The summed E-state index contributed by atoms with van der Waals surface area (Å²) in [6.07, 6.45) is 6.85. The number of Topliss-reactive ketones (excluding diaryl/α,β-unsaturated/α-hetero) is 2. The van der Waals surface area contributed by atoms with E-state index in [-0.39, 0.29) is 48.7 Å². The lowest BCUT2D eigenvalue weighted by atomic mass is 9.99. The van der Waals surface area contributed by atoms with Crippen LogP contribution in [0.5, 0.6) is 0 Å². The Balaban J connectivity index is 0.000000244. The van der Waals surface area contributed by atoms with Gasteiger partial charge in [0.15, 0.2) is 18.4 Å². The first-order valence-corrected chi connectivity index (χ1v) is 17.6. The molecule has 0 aromatic rings. The largest absolute Gasteiger partial charge is 0.481 e. The third-order valence-electron chi connectivity index (χ3n) is 8.69. The summed E-state index contributed by atoms with van der Waals surface area (Å²) < 4.78 is 25.9. The summed E-state index contributed by atoms with van der Waals surface area (Å²) >= 11 is 0. The van der Waals surface area contributed by atoms with Crippen LogP contribution in [0.25, 0.3) is 0 Å². The molecule has 0 saturated carbocycles. The van der Waals surface area contributed by atoms with Crippen molar-refractivity contribution in [2.75, 3.05) is 14.2 Å². The van der Waals surface area contributed by atoms with Crippen LogP contribution in [0, 0.1) is 0 Å². The molecule has 0 radical (unpaired) electrons. The molecule has 5 fully saturated rings. The number of carboxylic acids is 2. The Kier molecular flexibility index (Phi) is 16.7. The number of carbonyl (C=O) groups excluding carboxylic acids is 4. The standard InChI is InChI=1S/C12H22N2O2.C12H19NO3.C6H12O3.C5H6O5/c1-12(2,3)16-11(15)14-9-4-5-10(14)7-8(13)6-9;1-12(2,3)16-11(15)13-8-4-5-9(13)7-10(14)6-8;1-7-5-3-4-6(8-2)9-5;6-3(1-4(7)8)2-5(9)10/h8-10H,4-7,13H2,1-3H3;8-9H,4-7H2,1-3H3;5-6H,3-4H2,1-2H3;1-2H2,(H,7,8)(H,9,10). The van der Waals surface area contributed by atoms with Gasteiger partial charge in [-0.2, -0.15) is 0 Å². The molecule has 0 spiro atoms. The van der Waals surface area contributed by atoms with Crippen LogP contribution in [-0.4, -0.2) is 124 Å². The number of hydrogen-bond donors (Lipinski definition) is 3. The van der Waals surface area contributed by atoms with Crippen molar-refractivity contribution >= 4 is 35.7 Å². The lowest BCUT2D eigenvalue weighted by Crippen LogP contribution is -2.51. The van der Waals surface area contributed by atoms with Crippen molar-refractivity contribution in [3.8, 4) is 0 Å². The third-order valence-corrected chi connectivity index (χ3v) is 8.69. The lowest BCUT2D eigenvalue weighted by Gasteiger charge is -2.38. The number of aliphatic carboxylic acids is 2. The molecule has 5 saturated heterocycles. The maximum atomic E-state index is 12.0. The number of ether oxygens (including phenoxy) is 5. The summed E-state index contributed by atoms with van der Waals surface area (Å²) in [5.74, 6) is -3.11. The molecule has 0 aliphatic carbocycles. The number of amides is 2. The van der Waals surface area contributed by atoms with Crippen LogP contribution < -0.4 is 5.73 Å². The van der Waals surface area contributed by atoms with Crippen molar-refractivity contribution in [1.82, 2.24) is 9.80 Å². The van der Waals surface area contributed by atoms with Crippen LogP contribution in [0.15, 0.2) is 0 Å². The topological polar surface area (TPSA) is 222 Å². The first-order valence-electron chi connectivity index (χ1n) is 17.6. The van der Waals surface area contributed by atoms with Crippen molar-refractivity contribution in [2.24, 2.45) is 5.73 Å². The third kappa shape index (κ3) is 15.4. The smallest absolute Gasteiger partial charge is 0.410 e. The number of methoxy groups -OCH3 is 2. The Hall–Kier alpha value is -3.34. The second-order valence-electron chi connectivity index (χ2n) is 15.4. The van der Waals surface area contributed by atoms with E-state index in [9.17, 15) is 28.8 Å². The highest BCUT2D eigenvalue weighted by molar-refractivity contribution is 6.02. The molecular formula is C35H59N3O13. The minimum Gasteiger partial charge on any atom is -0.481 e. The van der Waals surface area contributed by atoms with Gasteiger partial charge in [-0.05, 0) is 80.1 Å². The van der Waals surface area contributed by atoms with Crippen LogP contribution in [0.1, 0.15) is 119 Å². The minimum absolute atomic E-state index is 0.0463. The van der Waals surface area contributed by atoms with Crippen LogP contribution in [0.3, 0.4) is 0 Å². The second kappa shape index (κ2) is 19.5. The number of carboxylic acid groups (broad SMARTS) is 2. The number of ketones is 2. The number of nitrogens with zero attached hydrogens (tertiary/aromatic N) is 2. The molecule has 51 heavy (non-hydrogen) atoms. The lowest BCUT2D eigenvalue weighted by molar-refractivity contribution is -0.185. The van der Waals surface area contributed by atoms with Gasteiger partial charge in [-0.3, -0.25) is 19.2 Å². The molecule has 292 valence electrons. The zero-order chi connectivity index (χ0) is 38.7. The van der Waals surface area contributed by atoms with Gasteiger partial charge in [0.1, 0.15) is 29.8 Å². The predicted octanol–water partition coefficient (Wildman–Crippen LogP) is 4.24. The maximum absolute atomic E-state index is 12.0. The number of rotatable bonds is 6. The van der Waals surface area contributed by atoms with Crippen molar-refractivity contribution in [1.29, 1.82) is 0 Å². The molecule has 16 nitrogen and oxygen atoms in total. The summed E-state index contributed by atoms with van der Waals surface area (Å²) in [4.78, 5) is 69.0. The number of carbonyl (C=O) groups is 6. The van der Waals surface area contributed by atoms with E-state index in [1.165, 1.54) is 0 Å². The highest BCUT2D eigenvalue weighted by Crippen LogP contribution is 2.36. The molecule has 6 unspecified atom stereocenters. The summed E-state index contributed by atoms with van der Waals surface area (Å²) in [5, 5.41) is 16.0. The SMILES string of the molecule is CC(C)(C)OC(=O)N1C2CCC1CC(=O)C2.CC(C)(C)OC(=O)N1C2CCC1CC(N)C2.COC1CCC(OC)O1.O=C(O)CC(=O)CC(=O)O. The maximum Gasteiger partial charge on any atom is 0.410 e. The van der Waals surface area contributed by atoms with Crippen molar-refractivity contribution < 1.29 is 62.7 Å². The molecular weight excluding hydrogens is 670 g/mol. The fourth-order valence-electron chi connectivity index (χ4n) is 6.74. The highest BCUT2D eigenvalue weighted by atomic mass is 16.8. The van der Waals surface area contributed by atoms with E-state index in [1.54, 1.807) is 19.1 Å². The van der Waals surface area contributed by atoms with Crippen LogP contribution in [0.2, 0.25) is 0 Å². The van der Waals surface area contributed by atoms with E-state index in [4.69, 9.17) is 39.6 Å². The van der Waals surface area contributed by atoms with Gasteiger partial charge in [-0.1, -0.05) is 0 Å². The number of hydrogen-bond acceptors (Lipinski definition) is 12. The Morgan fingerprint density at radius 3 is 1.35 bits per heavy atom. The molecule has 0 aromatic carbocycles.